The summed E-state index contributed by atoms with van der Waals surface area (Å²) >= 11 is 0. The maximum Gasteiger partial charge on any atom is 0.273 e. The van der Waals surface area contributed by atoms with Crippen LogP contribution in [0.5, 0.6) is 0 Å². The van der Waals surface area contributed by atoms with Crippen molar-refractivity contribution in [1.29, 1.82) is 0 Å². The highest BCUT2D eigenvalue weighted by atomic mass is 16.1. The average molecular weight is 251 g/mol. The van der Waals surface area contributed by atoms with E-state index in [9.17, 15) is 4.79 Å². The summed E-state index contributed by atoms with van der Waals surface area (Å²) in [4.78, 5) is 19.1. The largest absolute Gasteiger partial charge is 0.353 e. The maximum absolute atomic E-state index is 11.6. The number of nitrogens with one attached hydrogen (secondary N) is 1. The van der Waals surface area contributed by atoms with E-state index in [1.54, 1.807) is 6.07 Å². The first kappa shape index (κ1) is 10.6. The Kier molecular flexibility index (Phi) is 1.98. The van der Waals surface area contributed by atoms with Crippen LogP contribution in [0.1, 0.15) is 11.4 Å². The number of para-hydroxylation sites is 1. The van der Waals surface area contributed by atoms with Gasteiger partial charge in [-0.05, 0) is 25.0 Å². The van der Waals surface area contributed by atoms with Crippen LogP contribution in [0.4, 0.5) is 0 Å². The minimum atomic E-state index is -0.171. The van der Waals surface area contributed by atoms with E-state index >= 15 is 0 Å². The summed E-state index contributed by atoms with van der Waals surface area (Å²) in [5.41, 5.74) is 4.28. The fourth-order valence-corrected chi connectivity index (χ4v) is 3.01. The van der Waals surface area contributed by atoms with Gasteiger partial charge < -0.3 is 9.55 Å². The zero-order valence-electron chi connectivity index (χ0n) is 10.6. The van der Waals surface area contributed by atoms with E-state index in [0.29, 0.717) is 0 Å². The second kappa shape index (κ2) is 3.57. The molecule has 0 bridgehead atoms. The van der Waals surface area contributed by atoms with Crippen LogP contribution in [-0.4, -0.2) is 14.5 Å². The Hall–Kier alpha value is -2.36. The summed E-state index contributed by atoms with van der Waals surface area (Å²) in [6.45, 7) is 2.77. The lowest BCUT2D eigenvalue weighted by molar-refractivity contribution is 0.639. The normalized spacial score (nSPS) is 13.3. The predicted molar refractivity (Wildman–Crippen MR) is 74.2 cm³/mol. The molecule has 1 N–H and O–H groups in total. The zero-order valence-corrected chi connectivity index (χ0v) is 10.6. The van der Waals surface area contributed by atoms with Gasteiger partial charge in [0.1, 0.15) is 5.82 Å². The summed E-state index contributed by atoms with van der Waals surface area (Å²) in [6.07, 6.45) is 0.970. The van der Waals surface area contributed by atoms with E-state index in [-0.39, 0.29) is 5.56 Å². The molecule has 1 aliphatic rings. The molecule has 3 heterocycles. The molecule has 0 radical (unpaired) electrons. The molecule has 1 aliphatic heterocycles. The molecule has 0 saturated heterocycles. The number of aromatic amines is 1. The summed E-state index contributed by atoms with van der Waals surface area (Å²) in [6, 6.07) is 9.90. The van der Waals surface area contributed by atoms with Crippen molar-refractivity contribution in [1.82, 2.24) is 14.5 Å². The number of hydrogen-bond acceptors (Lipinski definition) is 2. The molecular weight excluding hydrogens is 238 g/mol. The number of aryl methyl sites for hydroxylation is 2. The average Bonchev–Trinajstić information content (AvgIpc) is 2.77. The first-order chi connectivity index (χ1) is 9.24. The molecular formula is C15H13N3O. The summed E-state index contributed by atoms with van der Waals surface area (Å²) in [5.74, 6) is 0.784. The van der Waals surface area contributed by atoms with Crippen LogP contribution in [0, 0.1) is 6.92 Å². The molecule has 3 aromatic rings. The fraction of sp³-hybridized carbons (Fsp3) is 0.200. The van der Waals surface area contributed by atoms with Crippen molar-refractivity contribution in [3.05, 3.63) is 52.1 Å². The molecule has 4 nitrogen and oxygen atoms in total. The second-order valence-electron chi connectivity index (χ2n) is 4.95. The summed E-state index contributed by atoms with van der Waals surface area (Å²) in [5, 5.41) is 1.26. The number of fused-ring (bicyclic) bond motifs is 5. The number of H-pyrrole nitrogens is 1. The highest BCUT2D eigenvalue weighted by Crippen LogP contribution is 2.33. The quantitative estimate of drug-likeness (QED) is 0.666. The van der Waals surface area contributed by atoms with Crippen molar-refractivity contribution >= 4 is 10.9 Å². The van der Waals surface area contributed by atoms with Gasteiger partial charge in [0, 0.05) is 23.5 Å². The maximum atomic E-state index is 11.6. The van der Waals surface area contributed by atoms with Crippen molar-refractivity contribution < 1.29 is 0 Å². The van der Waals surface area contributed by atoms with Gasteiger partial charge in [-0.2, -0.15) is 4.98 Å². The SMILES string of the molecule is Cc1nc(=O)cc2n1CCc1c-2[nH]c2ccccc12. The molecule has 0 atom stereocenters. The van der Waals surface area contributed by atoms with Crippen molar-refractivity contribution in [2.75, 3.05) is 0 Å². The first-order valence-electron chi connectivity index (χ1n) is 6.42. The lowest BCUT2D eigenvalue weighted by atomic mass is 10.0. The standard InChI is InChI=1S/C15H13N3O/c1-9-16-14(19)8-13-15-11(6-7-18(9)13)10-4-2-3-5-12(10)17-15/h2-5,8,17H,6-7H2,1H3. The molecule has 4 heteroatoms. The lowest BCUT2D eigenvalue weighted by Crippen LogP contribution is -2.21. The Bertz CT molecular complexity index is 857. The predicted octanol–water partition coefficient (Wildman–Crippen LogP) is 2.26. The highest BCUT2D eigenvalue weighted by molar-refractivity contribution is 5.90. The molecule has 4 rings (SSSR count). The number of hydrogen-bond donors (Lipinski definition) is 1. The number of rotatable bonds is 0. The van der Waals surface area contributed by atoms with Crippen LogP contribution in [-0.2, 0) is 13.0 Å². The van der Waals surface area contributed by atoms with Crippen LogP contribution in [0.25, 0.3) is 22.3 Å². The van der Waals surface area contributed by atoms with E-state index in [0.717, 1.165) is 35.7 Å². The number of benzene rings is 1. The monoisotopic (exact) mass is 251 g/mol. The minimum absolute atomic E-state index is 0.171. The fourth-order valence-electron chi connectivity index (χ4n) is 3.01. The molecule has 2 aromatic heterocycles. The van der Waals surface area contributed by atoms with Crippen molar-refractivity contribution in [3.63, 3.8) is 0 Å². The van der Waals surface area contributed by atoms with Gasteiger partial charge in [0.15, 0.2) is 0 Å². The third-order valence-corrected chi connectivity index (χ3v) is 3.87. The summed E-state index contributed by atoms with van der Waals surface area (Å²) < 4.78 is 2.11. The van der Waals surface area contributed by atoms with Gasteiger partial charge >= 0.3 is 0 Å². The van der Waals surface area contributed by atoms with Crippen LogP contribution < -0.4 is 5.56 Å². The van der Waals surface area contributed by atoms with E-state index < -0.39 is 0 Å². The van der Waals surface area contributed by atoms with Crippen molar-refractivity contribution in [3.8, 4) is 11.4 Å². The zero-order chi connectivity index (χ0) is 13.0. The van der Waals surface area contributed by atoms with Gasteiger partial charge in [0.05, 0.1) is 11.4 Å². The third kappa shape index (κ3) is 1.40. The van der Waals surface area contributed by atoms with Gasteiger partial charge in [0.25, 0.3) is 5.56 Å². The molecule has 0 amide bonds. The molecule has 0 fully saturated rings. The van der Waals surface area contributed by atoms with E-state index in [4.69, 9.17) is 0 Å². The van der Waals surface area contributed by atoms with E-state index in [2.05, 4.69) is 32.7 Å². The Morgan fingerprint density at radius 3 is 3.05 bits per heavy atom. The topological polar surface area (TPSA) is 50.7 Å². The molecule has 0 spiro atoms. The highest BCUT2D eigenvalue weighted by Gasteiger charge is 2.21. The summed E-state index contributed by atoms with van der Waals surface area (Å²) in [7, 11) is 0. The Morgan fingerprint density at radius 1 is 1.32 bits per heavy atom. The number of nitrogens with zero attached hydrogens (tertiary/aromatic N) is 2. The molecule has 0 saturated carbocycles. The van der Waals surface area contributed by atoms with Gasteiger partial charge in [-0.3, -0.25) is 4.79 Å². The lowest BCUT2D eigenvalue weighted by Gasteiger charge is -2.20. The molecule has 1 aromatic carbocycles. The molecule has 19 heavy (non-hydrogen) atoms. The molecule has 0 unspecified atom stereocenters. The van der Waals surface area contributed by atoms with Crippen LogP contribution >= 0.6 is 0 Å². The minimum Gasteiger partial charge on any atom is -0.353 e. The Balaban J connectivity index is 2.12. The first-order valence-corrected chi connectivity index (χ1v) is 6.42. The van der Waals surface area contributed by atoms with Crippen LogP contribution in [0.3, 0.4) is 0 Å². The third-order valence-electron chi connectivity index (χ3n) is 3.87. The molecule has 94 valence electrons. The van der Waals surface area contributed by atoms with E-state index in [1.165, 1.54) is 10.9 Å². The van der Waals surface area contributed by atoms with Crippen molar-refractivity contribution in [2.24, 2.45) is 0 Å². The van der Waals surface area contributed by atoms with Gasteiger partial charge in [-0.25, -0.2) is 0 Å². The second-order valence-corrected chi connectivity index (χ2v) is 4.95. The van der Waals surface area contributed by atoms with Gasteiger partial charge in [-0.15, -0.1) is 0 Å². The smallest absolute Gasteiger partial charge is 0.273 e. The van der Waals surface area contributed by atoms with E-state index in [1.807, 2.05) is 13.0 Å². The van der Waals surface area contributed by atoms with Crippen molar-refractivity contribution in [2.45, 2.75) is 19.9 Å². The Morgan fingerprint density at radius 2 is 2.16 bits per heavy atom. The number of aromatic nitrogens is 3. The Labute approximate surface area is 109 Å². The van der Waals surface area contributed by atoms with Crippen LogP contribution in [0.2, 0.25) is 0 Å². The molecule has 0 aliphatic carbocycles. The van der Waals surface area contributed by atoms with Crippen LogP contribution in [0.15, 0.2) is 35.1 Å². The van der Waals surface area contributed by atoms with Gasteiger partial charge in [-0.1, -0.05) is 18.2 Å². The van der Waals surface area contributed by atoms with Gasteiger partial charge in [0.2, 0.25) is 0 Å².